The average Bonchev–Trinajstić information content (AvgIpc) is 3.09. The molecule has 0 unspecified atom stereocenters. The van der Waals surface area contributed by atoms with Gasteiger partial charge in [0.05, 0.1) is 5.92 Å². The average molecular weight is 295 g/mol. The molecule has 0 aliphatic heterocycles. The number of carbonyl (C=O) groups is 2. The molecule has 2 atom stereocenters. The molecule has 5 nitrogen and oxygen atoms in total. The molecule has 0 spiro atoms. The van der Waals surface area contributed by atoms with E-state index in [1.165, 1.54) is 18.2 Å². The molecule has 114 valence electrons. The van der Waals surface area contributed by atoms with Crippen LogP contribution >= 0.6 is 0 Å². The highest BCUT2D eigenvalue weighted by atomic mass is 19.1. The summed E-state index contributed by atoms with van der Waals surface area (Å²) in [4.78, 5) is 22.7. The quantitative estimate of drug-likeness (QED) is 0.896. The highest BCUT2D eigenvalue weighted by Crippen LogP contribution is 2.50. The number of carboxylic acids is 1. The second-order valence-electron chi connectivity index (χ2n) is 6.15. The summed E-state index contributed by atoms with van der Waals surface area (Å²) < 4.78 is 18.5. The van der Waals surface area contributed by atoms with Crippen molar-refractivity contribution in [3.8, 4) is 0 Å². The van der Waals surface area contributed by atoms with Gasteiger partial charge in [0.15, 0.2) is 0 Å². The van der Waals surface area contributed by atoms with Crippen LogP contribution in [-0.4, -0.2) is 22.8 Å². The molecule has 1 fully saturated rings. The van der Waals surface area contributed by atoms with E-state index in [1.807, 2.05) is 0 Å². The number of halogens is 1. The molecule has 1 aromatic rings. The van der Waals surface area contributed by atoms with Crippen molar-refractivity contribution in [2.24, 2.45) is 5.92 Å². The number of hydrogen-bond acceptors (Lipinski definition) is 3. The van der Waals surface area contributed by atoms with E-state index in [2.05, 4.69) is 5.32 Å². The molecule has 0 bridgehead atoms. The van der Waals surface area contributed by atoms with Crippen LogP contribution in [0.3, 0.4) is 0 Å². The molecule has 6 heteroatoms. The minimum absolute atomic E-state index is 0.275. The second kappa shape index (κ2) is 5.35. The number of carboxylic acid groups (broad SMARTS) is 1. The molecule has 1 aliphatic carbocycles. The third-order valence-corrected chi connectivity index (χ3v) is 3.16. The fourth-order valence-electron chi connectivity index (χ4n) is 2.18. The smallest absolute Gasteiger partial charge is 0.412 e. The molecule has 0 radical (unpaired) electrons. The molecule has 21 heavy (non-hydrogen) atoms. The highest BCUT2D eigenvalue weighted by Gasteiger charge is 2.45. The lowest BCUT2D eigenvalue weighted by molar-refractivity contribution is -0.138. The molecule has 2 N–H and O–H groups in total. The maximum atomic E-state index is 13.4. The van der Waals surface area contributed by atoms with Gasteiger partial charge >= 0.3 is 12.1 Å². The summed E-state index contributed by atoms with van der Waals surface area (Å²) in [6.45, 7) is 5.21. The van der Waals surface area contributed by atoms with E-state index in [0.29, 0.717) is 17.7 Å². The van der Waals surface area contributed by atoms with Crippen LogP contribution < -0.4 is 5.32 Å². The minimum atomic E-state index is -0.910. The van der Waals surface area contributed by atoms with Gasteiger partial charge in [-0.05, 0) is 51.0 Å². The van der Waals surface area contributed by atoms with Crippen LogP contribution in [0.25, 0.3) is 0 Å². The summed E-state index contributed by atoms with van der Waals surface area (Å²) in [7, 11) is 0. The van der Waals surface area contributed by atoms with Crippen molar-refractivity contribution in [2.45, 2.75) is 38.7 Å². The Morgan fingerprint density at radius 1 is 1.38 bits per heavy atom. The van der Waals surface area contributed by atoms with Crippen molar-refractivity contribution >= 4 is 17.7 Å². The van der Waals surface area contributed by atoms with Gasteiger partial charge in [0.1, 0.15) is 11.4 Å². The molecule has 1 amide bonds. The predicted octanol–water partition coefficient (Wildman–Crippen LogP) is 3.36. The molecule has 1 saturated carbocycles. The van der Waals surface area contributed by atoms with Gasteiger partial charge in [-0.25, -0.2) is 9.18 Å². The Labute approximate surface area is 122 Å². The second-order valence-corrected chi connectivity index (χ2v) is 6.15. The van der Waals surface area contributed by atoms with Gasteiger partial charge in [-0.2, -0.15) is 0 Å². The number of hydrogen-bond donors (Lipinski definition) is 2. The maximum absolute atomic E-state index is 13.4. The Kier molecular flexibility index (Phi) is 3.89. The van der Waals surface area contributed by atoms with E-state index in [4.69, 9.17) is 9.84 Å². The molecule has 1 aliphatic rings. The Morgan fingerprint density at radius 2 is 2.05 bits per heavy atom. The van der Waals surface area contributed by atoms with Gasteiger partial charge in [-0.1, -0.05) is 0 Å². The molecule has 0 saturated heterocycles. The van der Waals surface area contributed by atoms with Crippen molar-refractivity contribution in [1.29, 1.82) is 0 Å². The van der Waals surface area contributed by atoms with Crippen molar-refractivity contribution < 1.29 is 23.8 Å². The van der Waals surface area contributed by atoms with Crippen molar-refractivity contribution in [3.05, 3.63) is 29.6 Å². The van der Waals surface area contributed by atoms with E-state index in [9.17, 15) is 14.0 Å². The lowest BCUT2D eigenvalue weighted by Gasteiger charge is -2.20. The first kappa shape index (κ1) is 15.3. The highest BCUT2D eigenvalue weighted by molar-refractivity contribution is 5.87. The normalized spacial score (nSPS) is 20.8. The summed E-state index contributed by atoms with van der Waals surface area (Å²) >= 11 is 0. The van der Waals surface area contributed by atoms with Crippen LogP contribution in [0.4, 0.5) is 14.9 Å². The lowest BCUT2D eigenvalue weighted by Crippen LogP contribution is -2.27. The van der Waals surface area contributed by atoms with E-state index in [-0.39, 0.29) is 5.92 Å². The zero-order valence-corrected chi connectivity index (χ0v) is 12.1. The lowest BCUT2D eigenvalue weighted by atomic mass is 10.1. The van der Waals surface area contributed by atoms with Crippen LogP contribution in [0, 0.1) is 11.7 Å². The monoisotopic (exact) mass is 295 g/mol. The number of aliphatic carboxylic acids is 1. The predicted molar refractivity (Wildman–Crippen MR) is 74.7 cm³/mol. The van der Waals surface area contributed by atoms with Crippen molar-refractivity contribution in [2.75, 3.05) is 5.32 Å². The minimum Gasteiger partial charge on any atom is -0.481 e. The molecular formula is C15H18FNO4. The van der Waals surface area contributed by atoms with Gasteiger partial charge in [-0.3, -0.25) is 10.1 Å². The molecular weight excluding hydrogens is 277 g/mol. The summed E-state index contributed by atoms with van der Waals surface area (Å²) in [6.07, 6.45) is -0.204. The third kappa shape index (κ3) is 3.93. The van der Waals surface area contributed by atoms with Gasteiger partial charge < -0.3 is 9.84 Å². The molecule has 0 heterocycles. The van der Waals surface area contributed by atoms with Gasteiger partial charge in [0, 0.05) is 11.6 Å². The Bertz CT molecular complexity index is 580. The molecule has 1 aromatic carbocycles. The Hall–Kier alpha value is -2.11. The zero-order valence-electron chi connectivity index (χ0n) is 12.1. The summed E-state index contributed by atoms with van der Waals surface area (Å²) in [6, 6.07) is 3.90. The van der Waals surface area contributed by atoms with Crippen LogP contribution in [0.15, 0.2) is 18.2 Å². The largest absolute Gasteiger partial charge is 0.481 e. The van der Waals surface area contributed by atoms with Crippen molar-refractivity contribution in [3.63, 3.8) is 0 Å². The zero-order chi connectivity index (χ0) is 15.8. The first-order chi connectivity index (χ1) is 9.67. The topological polar surface area (TPSA) is 75.6 Å². The van der Waals surface area contributed by atoms with Crippen LogP contribution in [-0.2, 0) is 9.53 Å². The van der Waals surface area contributed by atoms with E-state index in [1.54, 1.807) is 20.8 Å². The van der Waals surface area contributed by atoms with E-state index < -0.39 is 29.4 Å². The van der Waals surface area contributed by atoms with Gasteiger partial charge in [0.25, 0.3) is 0 Å². The fraction of sp³-hybridized carbons (Fsp3) is 0.467. The molecule has 2 rings (SSSR count). The van der Waals surface area contributed by atoms with Crippen LogP contribution in [0.5, 0.6) is 0 Å². The molecule has 0 aromatic heterocycles. The van der Waals surface area contributed by atoms with Crippen molar-refractivity contribution in [1.82, 2.24) is 0 Å². The number of carbonyl (C=O) groups excluding carboxylic acids is 1. The van der Waals surface area contributed by atoms with E-state index >= 15 is 0 Å². The van der Waals surface area contributed by atoms with Gasteiger partial charge in [-0.15, -0.1) is 0 Å². The standard InChI is InChI=1S/C15H18FNO4/c1-15(2,3)21-14(20)17-12-5-4-8(16)6-10(12)9-7-11(9)13(18)19/h4-6,9,11H,7H2,1-3H3,(H,17,20)(H,18,19)/t9-,11+/m0/s1. The van der Waals surface area contributed by atoms with Crippen LogP contribution in [0.2, 0.25) is 0 Å². The van der Waals surface area contributed by atoms with Crippen LogP contribution in [0.1, 0.15) is 38.7 Å². The Morgan fingerprint density at radius 3 is 2.57 bits per heavy atom. The first-order valence-electron chi connectivity index (χ1n) is 6.69. The van der Waals surface area contributed by atoms with Gasteiger partial charge in [0.2, 0.25) is 0 Å². The number of nitrogens with one attached hydrogen (secondary N) is 1. The maximum Gasteiger partial charge on any atom is 0.412 e. The number of anilines is 1. The number of amides is 1. The fourth-order valence-corrected chi connectivity index (χ4v) is 2.18. The number of benzene rings is 1. The number of rotatable bonds is 3. The summed E-state index contributed by atoms with van der Waals surface area (Å²) in [5.41, 5.74) is 0.237. The van der Waals surface area contributed by atoms with E-state index in [0.717, 1.165) is 0 Å². The Balaban J connectivity index is 2.17. The number of ether oxygens (including phenoxy) is 1. The summed E-state index contributed by atoms with van der Waals surface area (Å²) in [5, 5.41) is 11.5. The summed E-state index contributed by atoms with van der Waals surface area (Å²) in [5.74, 6) is -2.17. The third-order valence-electron chi connectivity index (χ3n) is 3.16. The first-order valence-corrected chi connectivity index (χ1v) is 6.69. The SMILES string of the molecule is CC(C)(C)OC(=O)Nc1ccc(F)cc1[C@@H]1C[C@H]1C(=O)O.